The second-order valence-electron chi connectivity index (χ2n) is 2.20. The zero-order valence-electron chi connectivity index (χ0n) is 8.33. The van der Waals surface area contributed by atoms with E-state index < -0.39 is 0 Å². The summed E-state index contributed by atoms with van der Waals surface area (Å²) in [6.07, 6.45) is 7.04. The van der Waals surface area contributed by atoms with Crippen molar-refractivity contribution in [3.8, 4) is 23.7 Å². The van der Waals surface area contributed by atoms with Crippen molar-refractivity contribution in [3.63, 3.8) is 0 Å². The summed E-state index contributed by atoms with van der Waals surface area (Å²) in [4.78, 5) is 10.6. The van der Waals surface area contributed by atoms with Crippen molar-refractivity contribution in [2.24, 2.45) is 0 Å². The van der Waals surface area contributed by atoms with Crippen LogP contribution in [0.4, 0.5) is 0 Å². The third-order valence-corrected chi connectivity index (χ3v) is 1.15. The third-order valence-electron chi connectivity index (χ3n) is 1.15. The molecule has 72 valence electrons. The Morgan fingerprint density at radius 2 is 2.21 bits per heavy atom. The fraction of sp³-hybridized carbons (Fsp3) is 0.250. The summed E-state index contributed by atoms with van der Waals surface area (Å²) in [7, 11) is 1.33. The van der Waals surface area contributed by atoms with E-state index in [0.717, 1.165) is 0 Å². The summed E-state index contributed by atoms with van der Waals surface area (Å²) in [5.41, 5.74) is 0. The molecule has 0 unspecified atom stereocenters. The van der Waals surface area contributed by atoms with E-state index in [1.54, 1.807) is 12.2 Å². The van der Waals surface area contributed by atoms with Gasteiger partial charge in [-0.05, 0) is 24.8 Å². The van der Waals surface area contributed by atoms with Crippen molar-refractivity contribution in [2.45, 2.75) is 13.3 Å². The van der Waals surface area contributed by atoms with E-state index in [4.69, 9.17) is 0 Å². The van der Waals surface area contributed by atoms with Gasteiger partial charge in [0, 0.05) is 12.5 Å². The first-order valence-corrected chi connectivity index (χ1v) is 4.15. The Hall–Kier alpha value is -1.93. The van der Waals surface area contributed by atoms with Crippen molar-refractivity contribution < 1.29 is 9.53 Å². The molecule has 0 aromatic heterocycles. The zero-order chi connectivity index (χ0) is 10.6. The highest BCUT2D eigenvalue weighted by Gasteiger charge is 1.86. The number of hydrogen-bond acceptors (Lipinski definition) is 2. The predicted molar refractivity (Wildman–Crippen MR) is 56.1 cm³/mol. The lowest BCUT2D eigenvalue weighted by atomic mass is 10.3. The molecule has 0 bridgehead atoms. The van der Waals surface area contributed by atoms with Crippen molar-refractivity contribution in [3.05, 3.63) is 24.3 Å². The second-order valence-corrected chi connectivity index (χ2v) is 2.20. The number of allylic oxidation sites excluding steroid dienone is 3. The average molecular weight is 188 g/mol. The van der Waals surface area contributed by atoms with Gasteiger partial charge in [-0.1, -0.05) is 24.0 Å². The van der Waals surface area contributed by atoms with E-state index in [-0.39, 0.29) is 5.97 Å². The van der Waals surface area contributed by atoms with Gasteiger partial charge in [0.2, 0.25) is 0 Å². The number of hydrogen-bond donors (Lipinski definition) is 0. The van der Waals surface area contributed by atoms with E-state index >= 15 is 0 Å². The van der Waals surface area contributed by atoms with Crippen LogP contribution in [0.3, 0.4) is 0 Å². The maximum absolute atomic E-state index is 10.6. The minimum atomic E-state index is -0.369. The maximum Gasteiger partial charge on any atom is 0.330 e. The summed E-state index contributed by atoms with van der Waals surface area (Å²) in [5, 5.41) is 0. The van der Waals surface area contributed by atoms with Crippen LogP contribution in [0.2, 0.25) is 0 Å². The highest BCUT2D eigenvalue weighted by Crippen LogP contribution is 1.82. The van der Waals surface area contributed by atoms with E-state index in [1.807, 2.05) is 13.0 Å². The van der Waals surface area contributed by atoms with Crippen LogP contribution in [0.15, 0.2) is 24.3 Å². The Balaban J connectivity index is 3.79. The molecule has 0 heterocycles. The molecule has 0 aliphatic carbocycles. The third kappa shape index (κ3) is 8.17. The van der Waals surface area contributed by atoms with Gasteiger partial charge in [0.1, 0.15) is 0 Å². The summed E-state index contributed by atoms with van der Waals surface area (Å²) in [6.45, 7) is 1.89. The summed E-state index contributed by atoms with van der Waals surface area (Å²) in [6, 6.07) is 0. The molecule has 0 spiro atoms. The molecule has 0 saturated heterocycles. The fourth-order valence-corrected chi connectivity index (χ4v) is 0.538. The molecule has 0 aromatic rings. The molecule has 2 nitrogen and oxygen atoms in total. The first-order valence-electron chi connectivity index (χ1n) is 4.15. The van der Waals surface area contributed by atoms with Gasteiger partial charge in [0.25, 0.3) is 0 Å². The topological polar surface area (TPSA) is 26.3 Å². The molecule has 0 fully saturated rings. The van der Waals surface area contributed by atoms with Crippen LogP contribution in [0.1, 0.15) is 13.3 Å². The molecular weight excluding hydrogens is 176 g/mol. The van der Waals surface area contributed by atoms with Gasteiger partial charge in [-0.15, -0.1) is 0 Å². The molecule has 0 N–H and O–H groups in total. The van der Waals surface area contributed by atoms with E-state index in [2.05, 4.69) is 28.4 Å². The molecule has 0 rings (SSSR count). The molecule has 2 heteroatoms. The van der Waals surface area contributed by atoms with Gasteiger partial charge < -0.3 is 4.74 Å². The average Bonchev–Trinajstić information content (AvgIpc) is 2.21. The van der Waals surface area contributed by atoms with Gasteiger partial charge in [-0.25, -0.2) is 4.79 Å². The van der Waals surface area contributed by atoms with Crippen molar-refractivity contribution in [1.29, 1.82) is 0 Å². The highest BCUT2D eigenvalue weighted by molar-refractivity contribution is 5.81. The molecule has 0 aromatic carbocycles. The summed E-state index contributed by atoms with van der Waals surface area (Å²) in [5.74, 6) is 10.4. The minimum Gasteiger partial charge on any atom is -0.466 e. The largest absolute Gasteiger partial charge is 0.466 e. The van der Waals surface area contributed by atoms with E-state index in [1.165, 1.54) is 13.2 Å². The van der Waals surface area contributed by atoms with Crippen molar-refractivity contribution >= 4 is 5.97 Å². The van der Waals surface area contributed by atoms with E-state index in [0.29, 0.717) is 6.42 Å². The van der Waals surface area contributed by atoms with Crippen LogP contribution in [0.25, 0.3) is 0 Å². The lowest BCUT2D eigenvalue weighted by Crippen LogP contribution is -1.92. The second kappa shape index (κ2) is 9.16. The van der Waals surface area contributed by atoms with Crippen LogP contribution < -0.4 is 0 Å². The molecule has 0 aliphatic rings. The van der Waals surface area contributed by atoms with Gasteiger partial charge in [-0.3, -0.25) is 0 Å². The van der Waals surface area contributed by atoms with E-state index in [9.17, 15) is 4.79 Å². The number of rotatable bonds is 2. The molecule has 0 aliphatic heterocycles. The molecule has 14 heavy (non-hydrogen) atoms. The maximum atomic E-state index is 10.6. The Bertz CT molecular complexity index is 340. The lowest BCUT2D eigenvalue weighted by molar-refractivity contribution is -0.134. The van der Waals surface area contributed by atoms with Crippen LogP contribution in [0, 0.1) is 23.7 Å². The number of carbonyl (C=O) groups is 1. The lowest BCUT2D eigenvalue weighted by Gasteiger charge is -1.86. The smallest absolute Gasteiger partial charge is 0.330 e. The van der Waals surface area contributed by atoms with Crippen LogP contribution in [-0.4, -0.2) is 13.1 Å². The minimum absolute atomic E-state index is 0.369. The van der Waals surface area contributed by atoms with Crippen molar-refractivity contribution in [1.82, 2.24) is 0 Å². The Labute approximate surface area is 84.6 Å². The summed E-state index contributed by atoms with van der Waals surface area (Å²) >= 11 is 0. The van der Waals surface area contributed by atoms with Gasteiger partial charge in [-0.2, -0.15) is 0 Å². The molecule has 0 saturated carbocycles. The zero-order valence-corrected chi connectivity index (χ0v) is 8.33. The molecule has 0 radical (unpaired) electrons. The Morgan fingerprint density at radius 1 is 1.43 bits per heavy atom. The number of ether oxygens (including phenoxy) is 1. The first kappa shape index (κ1) is 12.1. The van der Waals surface area contributed by atoms with Gasteiger partial charge in [0.15, 0.2) is 0 Å². The number of methoxy groups -OCH3 is 1. The quantitative estimate of drug-likeness (QED) is 0.374. The van der Waals surface area contributed by atoms with Crippen LogP contribution in [-0.2, 0) is 9.53 Å². The highest BCUT2D eigenvalue weighted by atomic mass is 16.5. The number of carbonyl (C=O) groups excluding carboxylic acids is 1. The van der Waals surface area contributed by atoms with Crippen molar-refractivity contribution in [2.75, 3.05) is 7.11 Å². The number of esters is 1. The van der Waals surface area contributed by atoms with Crippen LogP contribution >= 0.6 is 0 Å². The Kier molecular flexibility index (Phi) is 7.90. The van der Waals surface area contributed by atoms with Crippen LogP contribution in [0.5, 0.6) is 0 Å². The normalized spacial score (nSPS) is 9.00. The standard InChI is InChI=1S/C12H12O2/c1-3-4-5-6-7-8-9-10-11-12(13)14-2/h3-4,10-11H,9H2,1-2H3. The molecule has 0 atom stereocenters. The van der Waals surface area contributed by atoms with Gasteiger partial charge >= 0.3 is 5.97 Å². The predicted octanol–water partition coefficient (Wildman–Crippen LogP) is 1.69. The van der Waals surface area contributed by atoms with Gasteiger partial charge in [0.05, 0.1) is 7.11 Å². The summed E-state index contributed by atoms with van der Waals surface area (Å²) < 4.78 is 4.40. The Morgan fingerprint density at radius 3 is 2.86 bits per heavy atom. The molecule has 0 amide bonds. The SMILES string of the molecule is CC=CC#CC#CCC=CC(=O)OC. The first-order chi connectivity index (χ1) is 6.81. The monoisotopic (exact) mass is 188 g/mol. The molecular formula is C12H12O2. The fourth-order valence-electron chi connectivity index (χ4n) is 0.538.